The molecule has 0 radical (unpaired) electrons. The second kappa shape index (κ2) is 5.11. The molecule has 2 rings (SSSR count). The van der Waals surface area contributed by atoms with Gasteiger partial charge in [-0.25, -0.2) is 4.39 Å². The zero-order valence-electron chi connectivity index (χ0n) is 10.1. The molecule has 0 aliphatic carbocycles. The summed E-state index contributed by atoms with van der Waals surface area (Å²) in [5.41, 5.74) is 3.86. The van der Waals surface area contributed by atoms with Gasteiger partial charge < -0.3 is 5.32 Å². The van der Waals surface area contributed by atoms with Crippen LogP contribution in [0.5, 0.6) is 0 Å². The van der Waals surface area contributed by atoms with E-state index in [9.17, 15) is 4.39 Å². The van der Waals surface area contributed by atoms with Crippen LogP contribution in [0, 0.1) is 12.7 Å². The van der Waals surface area contributed by atoms with Crippen molar-refractivity contribution in [1.82, 2.24) is 5.32 Å². The van der Waals surface area contributed by atoms with Crippen molar-refractivity contribution >= 4 is 0 Å². The van der Waals surface area contributed by atoms with Crippen molar-refractivity contribution in [2.75, 3.05) is 7.05 Å². The third-order valence-corrected chi connectivity index (χ3v) is 2.77. The van der Waals surface area contributed by atoms with Crippen LogP contribution in [0.1, 0.15) is 11.1 Å². The van der Waals surface area contributed by atoms with Gasteiger partial charge >= 0.3 is 0 Å². The summed E-state index contributed by atoms with van der Waals surface area (Å²) in [5.74, 6) is -0.172. The summed E-state index contributed by atoms with van der Waals surface area (Å²) in [7, 11) is 1.88. The van der Waals surface area contributed by atoms with Crippen molar-refractivity contribution in [3.8, 4) is 11.1 Å². The zero-order chi connectivity index (χ0) is 12.3. The maximum atomic E-state index is 13.8. The monoisotopic (exact) mass is 229 g/mol. The topological polar surface area (TPSA) is 12.0 Å². The summed E-state index contributed by atoms with van der Waals surface area (Å²) in [6, 6.07) is 13.1. The first-order chi connectivity index (χ1) is 8.20. The molecule has 0 bridgehead atoms. The quantitative estimate of drug-likeness (QED) is 0.849. The third-order valence-electron chi connectivity index (χ3n) is 2.77. The van der Waals surface area contributed by atoms with E-state index in [1.54, 1.807) is 0 Å². The van der Waals surface area contributed by atoms with Crippen LogP contribution < -0.4 is 5.32 Å². The smallest absolute Gasteiger partial charge is 0.131 e. The Bertz CT molecular complexity index is 503. The van der Waals surface area contributed by atoms with Crippen LogP contribution in [0.3, 0.4) is 0 Å². The number of nitrogens with one attached hydrogen (secondary N) is 1. The van der Waals surface area contributed by atoms with Gasteiger partial charge in [0, 0.05) is 12.1 Å². The first-order valence-corrected chi connectivity index (χ1v) is 5.71. The van der Waals surface area contributed by atoms with E-state index in [0.29, 0.717) is 5.56 Å². The molecule has 2 heteroatoms. The van der Waals surface area contributed by atoms with Crippen LogP contribution in [-0.2, 0) is 6.54 Å². The van der Waals surface area contributed by atoms with Crippen LogP contribution >= 0.6 is 0 Å². The summed E-state index contributed by atoms with van der Waals surface area (Å²) in [4.78, 5) is 0. The molecule has 1 nitrogen and oxygen atoms in total. The van der Waals surface area contributed by atoms with E-state index >= 15 is 0 Å². The van der Waals surface area contributed by atoms with Gasteiger partial charge in [-0.2, -0.15) is 0 Å². The molecule has 0 fully saturated rings. The fourth-order valence-electron chi connectivity index (χ4n) is 1.84. The van der Waals surface area contributed by atoms with Crippen LogP contribution in [0.25, 0.3) is 11.1 Å². The van der Waals surface area contributed by atoms with Crippen molar-refractivity contribution in [2.45, 2.75) is 13.5 Å². The molecule has 0 atom stereocenters. The van der Waals surface area contributed by atoms with Gasteiger partial charge in [0.2, 0.25) is 0 Å². The van der Waals surface area contributed by atoms with Gasteiger partial charge in [-0.15, -0.1) is 0 Å². The largest absolute Gasteiger partial charge is 0.316 e. The Labute approximate surface area is 101 Å². The van der Waals surface area contributed by atoms with Crippen molar-refractivity contribution < 1.29 is 4.39 Å². The molecule has 1 N–H and O–H groups in total. The van der Waals surface area contributed by atoms with Crippen LogP contribution in [0.15, 0.2) is 42.5 Å². The van der Waals surface area contributed by atoms with E-state index in [0.717, 1.165) is 17.7 Å². The number of rotatable bonds is 3. The second-order valence-corrected chi connectivity index (χ2v) is 4.21. The van der Waals surface area contributed by atoms with Gasteiger partial charge in [-0.1, -0.05) is 35.9 Å². The Hall–Kier alpha value is -1.67. The average molecular weight is 229 g/mol. The van der Waals surface area contributed by atoms with E-state index in [-0.39, 0.29) is 5.82 Å². The maximum Gasteiger partial charge on any atom is 0.131 e. The third kappa shape index (κ3) is 2.71. The fraction of sp³-hybridized carbons (Fsp3) is 0.200. The average Bonchev–Trinajstić information content (AvgIpc) is 2.33. The molecule has 0 aliphatic heterocycles. The molecular formula is C15H16FN. The van der Waals surface area contributed by atoms with E-state index in [1.807, 2.05) is 50.4 Å². The van der Waals surface area contributed by atoms with Crippen molar-refractivity contribution in [2.24, 2.45) is 0 Å². The summed E-state index contributed by atoms with van der Waals surface area (Å²) in [6.45, 7) is 2.77. The molecule has 0 saturated carbocycles. The number of benzene rings is 2. The highest BCUT2D eigenvalue weighted by Crippen LogP contribution is 2.24. The Morgan fingerprint density at radius 2 is 1.76 bits per heavy atom. The summed E-state index contributed by atoms with van der Waals surface area (Å²) in [6.07, 6.45) is 0. The number of aryl methyl sites for hydroxylation is 1. The second-order valence-electron chi connectivity index (χ2n) is 4.21. The lowest BCUT2D eigenvalue weighted by atomic mass is 10.0. The van der Waals surface area contributed by atoms with Crippen molar-refractivity contribution in [3.05, 3.63) is 59.4 Å². The minimum absolute atomic E-state index is 0.172. The molecule has 17 heavy (non-hydrogen) atoms. The van der Waals surface area contributed by atoms with E-state index < -0.39 is 0 Å². The Kier molecular flexibility index (Phi) is 3.55. The lowest BCUT2D eigenvalue weighted by Gasteiger charge is -2.07. The molecule has 0 unspecified atom stereocenters. The molecule has 2 aromatic rings. The molecule has 0 heterocycles. The Balaban J connectivity index is 2.42. The van der Waals surface area contributed by atoms with Crippen molar-refractivity contribution in [3.63, 3.8) is 0 Å². The SMILES string of the molecule is CNCc1ccc(F)c(-c2ccc(C)cc2)c1. The zero-order valence-corrected chi connectivity index (χ0v) is 10.1. The molecule has 0 spiro atoms. The summed E-state index contributed by atoms with van der Waals surface area (Å²) < 4.78 is 13.8. The van der Waals surface area contributed by atoms with Gasteiger partial charge in [0.25, 0.3) is 0 Å². The number of hydrogen-bond donors (Lipinski definition) is 1. The van der Waals surface area contributed by atoms with E-state index in [2.05, 4.69) is 5.32 Å². The Morgan fingerprint density at radius 3 is 2.41 bits per heavy atom. The van der Waals surface area contributed by atoms with E-state index in [1.165, 1.54) is 11.6 Å². The first-order valence-electron chi connectivity index (χ1n) is 5.71. The van der Waals surface area contributed by atoms with Crippen molar-refractivity contribution in [1.29, 1.82) is 0 Å². The highest BCUT2D eigenvalue weighted by molar-refractivity contribution is 5.65. The van der Waals surface area contributed by atoms with Gasteiger partial charge in [-0.05, 0) is 37.2 Å². The predicted molar refractivity (Wildman–Crippen MR) is 69.3 cm³/mol. The maximum absolute atomic E-state index is 13.8. The molecule has 0 amide bonds. The van der Waals surface area contributed by atoms with E-state index in [4.69, 9.17) is 0 Å². The molecule has 2 aromatic carbocycles. The molecule has 0 saturated heterocycles. The van der Waals surface area contributed by atoms with Gasteiger partial charge in [0.05, 0.1) is 0 Å². The summed E-state index contributed by atoms with van der Waals surface area (Å²) >= 11 is 0. The van der Waals surface area contributed by atoms with Crippen LogP contribution in [0.2, 0.25) is 0 Å². The standard InChI is InChI=1S/C15H16FN/c1-11-3-6-13(7-4-11)14-9-12(10-17-2)5-8-15(14)16/h3-9,17H,10H2,1-2H3. The number of halogens is 1. The fourth-order valence-corrected chi connectivity index (χ4v) is 1.84. The predicted octanol–water partition coefficient (Wildman–Crippen LogP) is 3.52. The lowest BCUT2D eigenvalue weighted by Crippen LogP contribution is -2.05. The molecule has 0 aromatic heterocycles. The molecule has 0 aliphatic rings. The minimum Gasteiger partial charge on any atom is -0.316 e. The first kappa shape index (κ1) is 11.8. The van der Waals surface area contributed by atoms with Crippen LogP contribution in [-0.4, -0.2) is 7.05 Å². The number of hydrogen-bond acceptors (Lipinski definition) is 1. The van der Waals surface area contributed by atoms with Gasteiger partial charge in [0.15, 0.2) is 0 Å². The lowest BCUT2D eigenvalue weighted by molar-refractivity contribution is 0.630. The van der Waals surface area contributed by atoms with Gasteiger partial charge in [-0.3, -0.25) is 0 Å². The summed E-state index contributed by atoms with van der Waals surface area (Å²) in [5, 5.41) is 3.07. The highest BCUT2D eigenvalue weighted by Gasteiger charge is 2.05. The minimum atomic E-state index is -0.172. The normalized spacial score (nSPS) is 10.5. The molecular weight excluding hydrogens is 213 g/mol. The highest BCUT2D eigenvalue weighted by atomic mass is 19.1. The Morgan fingerprint density at radius 1 is 1.06 bits per heavy atom. The van der Waals surface area contributed by atoms with Crippen LogP contribution in [0.4, 0.5) is 4.39 Å². The molecule has 88 valence electrons. The van der Waals surface area contributed by atoms with Gasteiger partial charge in [0.1, 0.15) is 5.82 Å².